The molecule has 0 fully saturated rings. The molecule has 0 bridgehead atoms. The first-order valence-corrected chi connectivity index (χ1v) is 9.28. The summed E-state index contributed by atoms with van der Waals surface area (Å²) in [5.74, 6) is -1.79. The molecule has 173 valence electrons. The van der Waals surface area contributed by atoms with Crippen LogP contribution in [0, 0.1) is 0 Å². The van der Waals surface area contributed by atoms with Gasteiger partial charge in [0.15, 0.2) is 0 Å². The third-order valence-corrected chi connectivity index (χ3v) is 3.41. The Bertz CT molecular complexity index is 1010. The van der Waals surface area contributed by atoms with E-state index < -0.39 is 11.9 Å². The Morgan fingerprint density at radius 2 is 1.03 bits per heavy atom. The largest absolute Gasteiger partial charge is 2.00 e. The average Bonchev–Trinajstić information content (AvgIpc) is 2.72. The van der Waals surface area contributed by atoms with Crippen molar-refractivity contribution in [3.63, 3.8) is 0 Å². The number of para-hydroxylation sites is 2. The summed E-state index contributed by atoms with van der Waals surface area (Å²) in [6.45, 7) is 1.94. The minimum absolute atomic E-state index is 0. The maximum absolute atomic E-state index is 9.74. The van der Waals surface area contributed by atoms with Crippen molar-refractivity contribution in [1.82, 2.24) is 0 Å². The zero-order valence-corrected chi connectivity index (χ0v) is 18.9. The molecule has 8 nitrogen and oxygen atoms in total. The molecule has 3 rings (SSSR count). The molecule has 0 amide bonds. The van der Waals surface area contributed by atoms with Crippen molar-refractivity contribution in [2.75, 3.05) is 0 Å². The van der Waals surface area contributed by atoms with Gasteiger partial charge in [0.05, 0.1) is 11.4 Å². The number of carbonyl (C=O) groups is 2. The summed E-state index contributed by atoms with van der Waals surface area (Å²) in [5, 5.41) is 37.3. The summed E-state index contributed by atoms with van der Waals surface area (Å²) in [4.78, 5) is 26.5. The van der Waals surface area contributed by atoms with E-state index in [1.165, 1.54) is 0 Å². The number of aliphatic carboxylic acids is 2. The number of nitrogens with zero attached hydrogens (tertiary/aromatic N) is 2. The van der Waals surface area contributed by atoms with Gasteiger partial charge in [0.25, 0.3) is 0 Å². The van der Waals surface area contributed by atoms with Gasteiger partial charge in [-0.05, 0) is 56.3 Å². The van der Waals surface area contributed by atoms with Crippen LogP contribution in [-0.4, -0.2) is 34.6 Å². The van der Waals surface area contributed by atoms with Crippen molar-refractivity contribution in [2.45, 2.75) is 13.8 Å². The normalized spacial score (nSPS) is 9.76. The first-order chi connectivity index (χ1) is 15.2. The van der Waals surface area contributed by atoms with E-state index >= 15 is 0 Å². The molecule has 0 saturated heterocycles. The van der Waals surface area contributed by atoms with E-state index in [0.29, 0.717) is 11.1 Å². The van der Waals surface area contributed by atoms with Crippen LogP contribution in [0.25, 0.3) is 0 Å². The Labute approximate surface area is 201 Å². The number of aliphatic imine (C=N–C) groups is 2. The van der Waals surface area contributed by atoms with E-state index in [2.05, 4.69) is 9.98 Å². The number of phenolic OH excluding ortho intramolecular Hbond substituents is 2. The topological polar surface area (TPSA) is 145 Å². The number of carboxylic acids is 2. The van der Waals surface area contributed by atoms with Crippen molar-refractivity contribution in [2.24, 2.45) is 9.98 Å². The van der Waals surface area contributed by atoms with Crippen molar-refractivity contribution in [3.8, 4) is 11.5 Å². The van der Waals surface area contributed by atoms with Crippen molar-refractivity contribution >= 4 is 35.7 Å². The second-order valence-electron chi connectivity index (χ2n) is 6.14. The summed E-state index contributed by atoms with van der Waals surface area (Å²) in [7, 11) is 0. The summed E-state index contributed by atoms with van der Waals surface area (Å²) >= 11 is 0. The number of phenols is 2. The van der Waals surface area contributed by atoms with Crippen molar-refractivity contribution < 1.29 is 46.8 Å². The molecule has 1 radical (unpaired) electrons. The predicted molar refractivity (Wildman–Crippen MR) is 119 cm³/mol. The third kappa shape index (κ3) is 13.1. The van der Waals surface area contributed by atoms with E-state index in [-0.39, 0.29) is 28.3 Å². The predicted octanol–water partition coefficient (Wildman–Crippen LogP) is 2.11. The first kappa shape index (κ1) is 29.0. The van der Waals surface area contributed by atoms with Crippen LogP contribution in [0.4, 0.5) is 11.4 Å². The van der Waals surface area contributed by atoms with Crippen LogP contribution in [0.5, 0.6) is 11.5 Å². The Balaban J connectivity index is 0.000000991. The van der Waals surface area contributed by atoms with Gasteiger partial charge in [-0.15, -0.1) is 0 Å². The number of aromatic hydroxyl groups is 2. The number of carboxylic acid groups (broad SMARTS) is 2. The minimum atomic E-state index is -1.08. The number of rotatable bonds is 4. The van der Waals surface area contributed by atoms with Crippen LogP contribution >= 0.6 is 0 Å². The molecule has 0 heterocycles. The maximum Gasteiger partial charge on any atom is 2.00 e. The van der Waals surface area contributed by atoms with Gasteiger partial charge in [-0.25, -0.2) is 0 Å². The monoisotopic (exact) mass is 493 g/mol. The van der Waals surface area contributed by atoms with Gasteiger partial charge < -0.3 is 30.0 Å². The van der Waals surface area contributed by atoms with E-state index in [1.54, 1.807) is 48.8 Å². The van der Waals surface area contributed by atoms with Crippen molar-refractivity contribution in [1.29, 1.82) is 0 Å². The molecular weight excluding hydrogens is 471 g/mol. The quantitative estimate of drug-likeness (QED) is 0.533. The molecule has 3 aromatic rings. The fourth-order valence-electron chi connectivity index (χ4n) is 2.14. The Kier molecular flexibility index (Phi) is 13.9. The SMILES string of the molecule is CC(=O)[O-].CC(=O)[O-].Oc1ccccc1C=Nc1cccc(N=Cc2ccccc2O)c1.[Co+2]. The third-order valence-electron chi connectivity index (χ3n) is 3.41. The van der Waals surface area contributed by atoms with Gasteiger partial charge in [0.1, 0.15) is 11.5 Å². The molecule has 33 heavy (non-hydrogen) atoms. The molecule has 0 aliphatic heterocycles. The van der Waals surface area contributed by atoms with Gasteiger partial charge in [-0.3, -0.25) is 9.98 Å². The fraction of sp³-hybridized carbons (Fsp3) is 0.0833. The number of carbonyl (C=O) groups excluding carboxylic acids is 2. The summed E-state index contributed by atoms with van der Waals surface area (Å²) < 4.78 is 0. The molecule has 2 N–H and O–H groups in total. The van der Waals surface area contributed by atoms with Crippen LogP contribution in [0.3, 0.4) is 0 Å². The number of hydrogen-bond donors (Lipinski definition) is 2. The Hall–Kier alpha value is -3.95. The van der Waals surface area contributed by atoms with Gasteiger partial charge in [0, 0.05) is 35.5 Å². The summed E-state index contributed by atoms with van der Waals surface area (Å²) in [6, 6.07) is 21.4. The maximum atomic E-state index is 9.74. The molecule has 0 aromatic heterocycles. The summed E-state index contributed by atoms with van der Waals surface area (Å²) in [5.41, 5.74) is 2.76. The van der Waals surface area contributed by atoms with E-state index in [4.69, 9.17) is 19.8 Å². The molecule has 9 heteroatoms. The second kappa shape index (κ2) is 15.8. The van der Waals surface area contributed by atoms with Crippen LogP contribution in [0.15, 0.2) is 82.8 Å². The van der Waals surface area contributed by atoms with Crippen molar-refractivity contribution in [3.05, 3.63) is 83.9 Å². The molecule has 0 saturated carbocycles. The van der Waals surface area contributed by atoms with Crippen LogP contribution in [0.1, 0.15) is 25.0 Å². The minimum Gasteiger partial charge on any atom is -0.550 e. The zero-order valence-electron chi connectivity index (χ0n) is 17.8. The smallest absolute Gasteiger partial charge is 0.550 e. The molecule has 0 atom stereocenters. The number of hydrogen-bond acceptors (Lipinski definition) is 8. The molecule has 0 aliphatic rings. The number of benzene rings is 3. The van der Waals surface area contributed by atoms with E-state index in [1.807, 2.05) is 36.4 Å². The molecule has 0 unspecified atom stereocenters. The fourth-order valence-corrected chi connectivity index (χ4v) is 2.14. The molecule has 0 spiro atoms. The molecule has 3 aromatic carbocycles. The summed E-state index contributed by atoms with van der Waals surface area (Å²) in [6.07, 6.45) is 3.22. The van der Waals surface area contributed by atoms with Crippen LogP contribution in [0.2, 0.25) is 0 Å². The second-order valence-corrected chi connectivity index (χ2v) is 6.14. The first-order valence-electron chi connectivity index (χ1n) is 9.28. The van der Waals surface area contributed by atoms with E-state index in [9.17, 15) is 10.2 Å². The Morgan fingerprint density at radius 3 is 1.36 bits per heavy atom. The van der Waals surface area contributed by atoms with Gasteiger partial charge >= 0.3 is 16.8 Å². The zero-order chi connectivity index (χ0) is 23.9. The van der Waals surface area contributed by atoms with Gasteiger partial charge in [-0.2, -0.15) is 0 Å². The van der Waals surface area contributed by atoms with Crippen LogP contribution in [-0.2, 0) is 26.4 Å². The molecular formula is C24H22CoN2O6. The van der Waals surface area contributed by atoms with Crippen LogP contribution < -0.4 is 10.2 Å². The van der Waals surface area contributed by atoms with Gasteiger partial charge in [0.2, 0.25) is 0 Å². The van der Waals surface area contributed by atoms with E-state index in [0.717, 1.165) is 25.2 Å². The van der Waals surface area contributed by atoms with Gasteiger partial charge in [-0.1, -0.05) is 30.3 Å². The molecule has 0 aliphatic carbocycles. The Morgan fingerprint density at radius 1 is 0.697 bits per heavy atom. The average molecular weight is 493 g/mol. The standard InChI is InChI=1S/C20H16N2O2.2C2H4O2.Co/c23-19-10-3-1-6-15(19)13-21-17-8-5-9-18(12-17)22-14-16-7-2-4-11-20(16)24;2*1-2(3)4;/h1-14,23-24H;2*1H3,(H,3,4);/q;;;+2/p-2.